The van der Waals surface area contributed by atoms with Crippen LogP contribution in [0.25, 0.3) is 0 Å². The van der Waals surface area contributed by atoms with Gasteiger partial charge in [-0.1, -0.05) is 0 Å². The van der Waals surface area contributed by atoms with Crippen LogP contribution >= 0.6 is 0 Å². The Hall–Kier alpha value is -1.37. The van der Waals surface area contributed by atoms with Crippen molar-refractivity contribution in [3.05, 3.63) is 24.2 Å². The van der Waals surface area contributed by atoms with Crippen molar-refractivity contribution in [1.82, 2.24) is 5.32 Å². The van der Waals surface area contributed by atoms with Gasteiger partial charge in [0, 0.05) is 26.9 Å². The topological polar surface area (TPSA) is 86.7 Å². The van der Waals surface area contributed by atoms with Crippen molar-refractivity contribution in [1.29, 1.82) is 0 Å². The third kappa shape index (κ3) is 7.28. The Bertz CT molecular complexity index is 354. The molecule has 0 bridgehead atoms. The first-order valence-electron chi connectivity index (χ1n) is 6.86. The molecule has 20 heavy (non-hydrogen) atoms. The first kappa shape index (κ1) is 16.7. The molecule has 3 N–H and O–H groups in total. The van der Waals surface area contributed by atoms with Gasteiger partial charge in [-0.15, -0.1) is 0 Å². The van der Waals surface area contributed by atoms with E-state index >= 15 is 0 Å². The fraction of sp³-hybridized carbons (Fsp3) is 0.643. The van der Waals surface area contributed by atoms with Gasteiger partial charge in [0.15, 0.2) is 0 Å². The van der Waals surface area contributed by atoms with Crippen molar-refractivity contribution in [2.75, 3.05) is 26.9 Å². The summed E-state index contributed by atoms with van der Waals surface area (Å²) in [7, 11) is 1.63. The molecule has 1 unspecified atom stereocenters. The smallest absolute Gasteiger partial charge is 0.236 e. The minimum atomic E-state index is -0.464. The molecule has 0 aliphatic carbocycles. The number of hydrogen-bond acceptors (Lipinski definition) is 5. The molecular formula is C14H24N2O4. The third-order valence-corrected chi connectivity index (χ3v) is 2.79. The maximum absolute atomic E-state index is 11.6. The highest BCUT2D eigenvalue weighted by molar-refractivity contribution is 5.81. The molecule has 0 spiro atoms. The van der Waals surface area contributed by atoms with Crippen molar-refractivity contribution >= 4 is 5.91 Å². The summed E-state index contributed by atoms with van der Waals surface area (Å²) in [4.78, 5) is 11.6. The van der Waals surface area contributed by atoms with Crippen molar-refractivity contribution < 1.29 is 18.7 Å². The molecule has 6 heteroatoms. The molecular weight excluding hydrogens is 260 g/mol. The van der Waals surface area contributed by atoms with Gasteiger partial charge in [-0.25, -0.2) is 0 Å². The zero-order valence-electron chi connectivity index (χ0n) is 12.0. The molecule has 0 fully saturated rings. The van der Waals surface area contributed by atoms with E-state index in [2.05, 4.69) is 5.32 Å². The van der Waals surface area contributed by atoms with E-state index in [-0.39, 0.29) is 5.91 Å². The largest absolute Gasteiger partial charge is 0.467 e. The monoisotopic (exact) mass is 284 g/mol. The fourth-order valence-electron chi connectivity index (χ4n) is 1.66. The number of amides is 1. The van der Waals surface area contributed by atoms with E-state index in [1.807, 2.05) is 12.1 Å². The molecule has 1 aromatic rings. The highest BCUT2D eigenvalue weighted by atomic mass is 16.5. The molecule has 6 nitrogen and oxygen atoms in total. The number of nitrogens with one attached hydrogen (secondary N) is 1. The third-order valence-electron chi connectivity index (χ3n) is 2.79. The number of ether oxygens (including phenoxy) is 2. The zero-order valence-corrected chi connectivity index (χ0v) is 12.0. The lowest BCUT2D eigenvalue weighted by molar-refractivity contribution is -0.122. The fourth-order valence-corrected chi connectivity index (χ4v) is 1.66. The van der Waals surface area contributed by atoms with E-state index < -0.39 is 6.04 Å². The van der Waals surface area contributed by atoms with Gasteiger partial charge in [0.25, 0.3) is 0 Å². The van der Waals surface area contributed by atoms with Gasteiger partial charge >= 0.3 is 0 Å². The Morgan fingerprint density at radius 1 is 1.45 bits per heavy atom. The Kier molecular flexibility index (Phi) is 8.69. The highest BCUT2D eigenvalue weighted by Gasteiger charge is 2.11. The maximum Gasteiger partial charge on any atom is 0.236 e. The van der Waals surface area contributed by atoms with Crippen molar-refractivity contribution in [2.24, 2.45) is 5.73 Å². The van der Waals surface area contributed by atoms with E-state index in [1.54, 1.807) is 13.4 Å². The van der Waals surface area contributed by atoms with Crippen LogP contribution in [0.15, 0.2) is 22.8 Å². The van der Waals surface area contributed by atoms with Gasteiger partial charge in [0.2, 0.25) is 5.91 Å². The molecule has 0 saturated carbocycles. The first-order chi connectivity index (χ1) is 9.74. The second kappa shape index (κ2) is 10.4. The van der Waals surface area contributed by atoms with Crippen LogP contribution in [0.5, 0.6) is 0 Å². The predicted octanol–water partition coefficient (Wildman–Crippen LogP) is 1.06. The number of nitrogens with two attached hydrogens (primary N) is 1. The van der Waals surface area contributed by atoms with Gasteiger partial charge in [-0.2, -0.15) is 0 Å². The van der Waals surface area contributed by atoms with E-state index in [1.165, 1.54) is 0 Å². The summed E-state index contributed by atoms with van der Waals surface area (Å²) in [5, 5.41) is 2.79. The summed E-state index contributed by atoms with van der Waals surface area (Å²) >= 11 is 0. The van der Waals surface area contributed by atoms with E-state index in [4.69, 9.17) is 19.6 Å². The number of carbonyl (C=O) groups is 1. The molecule has 0 aliphatic heterocycles. The van der Waals surface area contributed by atoms with Crippen LogP contribution in [0.2, 0.25) is 0 Å². The maximum atomic E-state index is 11.6. The van der Waals surface area contributed by atoms with Crippen LogP contribution in [0.4, 0.5) is 0 Å². The number of furan rings is 1. The Morgan fingerprint density at radius 2 is 2.30 bits per heavy atom. The molecule has 0 aromatic carbocycles. The molecule has 1 aromatic heterocycles. The second-order valence-corrected chi connectivity index (χ2v) is 4.52. The van der Waals surface area contributed by atoms with Crippen LogP contribution in [-0.2, 0) is 20.9 Å². The summed E-state index contributed by atoms with van der Waals surface area (Å²) in [5.74, 6) is 0.682. The average molecular weight is 284 g/mol. The predicted molar refractivity (Wildman–Crippen MR) is 75.1 cm³/mol. The van der Waals surface area contributed by atoms with Gasteiger partial charge in [-0.3, -0.25) is 4.79 Å². The number of methoxy groups -OCH3 is 1. The number of rotatable bonds is 11. The highest BCUT2D eigenvalue weighted by Crippen LogP contribution is 2.01. The van der Waals surface area contributed by atoms with E-state index in [0.717, 1.165) is 18.6 Å². The van der Waals surface area contributed by atoms with Crippen molar-refractivity contribution in [2.45, 2.75) is 31.9 Å². The summed E-state index contributed by atoms with van der Waals surface area (Å²) in [5.41, 5.74) is 5.75. The van der Waals surface area contributed by atoms with E-state index in [9.17, 15) is 4.79 Å². The summed E-state index contributed by atoms with van der Waals surface area (Å²) in [6, 6.07) is 3.22. The average Bonchev–Trinajstić information content (AvgIpc) is 2.95. The molecule has 1 rings (SSSR count). The summed E-state index contributed by atoms with van der Waals surface area (Å²) in [6.45, 7) is 2.22. The number of hydrogen-bond donors (Lipinski definition) is 2. The minimum absolute atomic E-state index is 0.118. The lowest BCUT2D eigenvalue weighted by Crippen LogP contribution is -2.41. The van der Waals surface area contributed by atoms with Crippen molar-refractivity contribution in [3.8, 4) is 0 Å². The summed E-state index contributed by atoms with van der Waals surface area (Å²) in [6.07, 6.45) is 3.78. The quantitative estimate of drug-likeness (QED) is 0.593. The molecule has 114 valence electrons. The zero-order chi connectivity index (χ0) is 14.6. The van der Waals surface area contributed by atoms with Crippen LogP contribution in [0.3, 0.4) is 0 Å². The Labute approximate surface area is 119 Å². The lowest BCUT2D eigenvalue weighted by Gasteiger charge is -2.11. The van der Waals surface area contributed by atoms with E-state index in [0.29, 0.717) is 32.8 Å². The van der Waals surface area contributed by atoms with Crippen LogP contribution < -0.4 is 11.1 Å². The molecule has 0 radical (unpaired) electrons. The minimum Gasteiger partial charge on any atom is -0.467 e. The second-order valence-electron chi connectivity index (χ2n) is 4.52. The normalized spacial score (nSPS) is 12.3. The standard InChI is InChI=1S/C14H24N2O4/c1-18-8-3-6-13(15)14(17)16-7-4-9-19-11-12-5-2-10-20-12/h2,5,10,13H,3-4,6-9,11,15H2,1H3,(H,16,17). The Balaban J connectivity index is 1.95. The molecule has 1 atom stereocenters. The lowest BCUT2D eigenvalue weighted by atomic mass is 10.1. The Morgan fingerprint density at radius 3 is 3.00 bits per heavy atom. The molecule has 1 amide bonds. The van der Waals surface area contributed by atoms with Crippen LogP contribution in [0.1, 0.15) is 25.0 Å². The van der Waals surface area contributed by atoms with Gasteiger partial charge in [0.1, 0.15) is 12.4 Å². The van der Waals surface area contributed by atoms with Crippen LogP contribution in [-0.4, -0.2) is 38.8 Å². The van der Waals surface area contributed by atoms with Crippen LogP contribution in [0, 0.1) is 0 Å². The molecule has 0 aliphatic rings. The van der Waals surface area contributed by atoms with Gasteiger partial charge in [-0.05, 0) is 31.4 Å². The van der Waals surface area contributed by atoms with Gasteiger partial charge in [0.05, 0.1) is 12.3 Å². The van der Waals surface area contributed by atoms with Crippen molar-refractivity contribution in [3.63, 3.8) is 0 Å². The van der Waals surface area contributed by atoms with Gasteiger partial charge < -0.3 is 24.9 Å². The SMILES string of the molecule is COCCCC(N)C(=O)NCCCOCc1ccco1. The number of carbonyl (C=O) groups excluding carboxylic acids is 1. The first-order valence-corrected chi connectivity index (χ1v) is 6.86. The molecule has 0 saturated heterocycles. The molecule has 1 heterocycles. The summed E-state index contributed by atoms with van der Waals surface area (Å²) < 4.78 is 15.5.